The third-order valence-corrected chi connectivity index (χ3v) is 4.08. The van der Waals surface area contributed by atoms with Crippen LogP contribution in [0.25, 0.3) is 0 Å². The molecule has 0 aliphatic carbocycles. The Kier molecular flexibility index (Phi) is 6.07. The number of ether oxygens (including phenoxy) is 2. The molecule has 1 N–H and O–H groups in total. The van der Waals surface area contributed by atoms with Gasteiger partial charge in [-0.25, -0.2) is 0 Å². The average molecular weight is 306 g/mol. The van der Waals surface area contributed by atoms with Gasteiger partial charge in [-0.3, -0.25) is 4.79 Å². The summed E-state index contributed by atoms with van der Waals surface area (Å²) >= 11 is 0. The average Bonchev–Trinajstić information content (AvgIpc) is 2.56. The van der Waals surface area contributed by atoms with E-state index in [-0.39, 0.29) is 11.9 Å². The zero-order valence-electron chi connectivity index (χ0n) is 13.7. The molecule has 0 unspecified atom stereocenters. The molecule has 22 heavy (non-hydrogen) atoms. The Morgan fingerprint density at radius 3 is 2.27 bits per heavy atom. The van der Waals surface area contributed by atoms with Gasteiger partial charge in [0.05, 0.1) is 14.2 Å². The zero-order chi connectivity index (χ0) is 15.9. The number of rotatable bonds is 6. The number of amides is 1. The second kappa shape index (κ2) is 8.03. The second-order valence-electron chi connectivity index (χ2n) is 5.69. The van der Waals surface area contributed by atoms with E-state index in [4.69, 9.17) is 9.47 Å². The highest BCUT2D eigenvalue weighted by Gasteiger charge is 2.21. The Labute approximate surface area is 132 Å². The van der Waals surface area contributed by atoms with Crippen LogP contribution in [0.3, 0.4) is 0 Å². The van der Waals surface area contributed by atoms with Crippen LogP contribution in [0, 0.1) is 0 Å². The van der Waals surface area contributed by atoms with Crippen LogP contribution in [0.5, 0.6) is 11.5 Å². The number of carbonyl (C=O) groups excluding carboxylic acids is 1. The molecule has 1 amide bonds. The number of hydrogen-bond donors (Lipinski definition) is 1. The lowest BCUT2D eigenvalue weighted by molar-refractivity contribution is 0.0910. The molecule has 0 radical (unpaired) electrons. The predicted molar refractivity (Wildman–Crippen MR) is 86.8 cm³/mol. The SMILES string of the molecule is CCCN1CCC(NC(=O)c2cc(OC)cc(OC)c2)CC1. The number of benzene rings is 1. The summed E-state index contributed by atoms with van der Waals surface area (Å²) in [6, 6.07) is 5.49. The minimum atomic E-state index is -0.0638. The van der Waals surface area contributed by atoms with Gasteiger partial charge in [-0.2, -0.15) is 0 Å². The van der Waals surface area contributed by atoms with Crippen LogP contribution in [0.15, 0.2) is 18.2 Å². The molecule has 122 valence electrons. The van der Waals surface area contributed by atoms with Gasteiger partial charge in [0.15, 0.2) is 0 Å². The molecule has 0 spiro atoms. The largest absolute Gasteiger partial charge is 0.497 e. The third-order valence-electron chi connectivity index (χ3n) is 4.08. The van der Waals surface area contributed by atoms with Crippen molar-refractivity contribution < 1.29 is 14.3 Å². The Morgan fingerprint density at radius 2 is 1.77 bits per heavy atom. The van der Waals surface area contributed by atoms with Crippen LogP contribution in [0.1, 0.15) is 36.5 Å². The second-order valence-corrected chi connectivity index (χ2v) is 5.69. The fraction of sp³-hybridized carbons (Fsp3) is 0.588. The van der Waals surface area contributed by atoms with Crippen molar-refractivity contribution in [2.75, 3.05) is 33.9 Å². The maximum Gasteiger partial charge on any atom is 0.251 e. The van der Waals surface area contributed by atoms with Gasteiger partial charge in [0.25, 0.3) is 5.91 Å². The quantitative estimate of drug-likeness (QED) is 0.876. The summed E-state index contributed by atoms with van der Waals surface area (Å²) in [5.74, 6) is 1.19. The van der Waals surface area contributed by atoms with Crippen LogP contribution >= 0.6 is 0 Å². The molecule has 1 fully saturated rings. The molecule has 2 rings (SSSR count). The number of carbonyl (C=O) groups is 1. The number of methoxy groups -OCH3 is 2. The molecule has 5 nitrogen and oxygen atoms in total. The summed E-state index contributed by atoms with van der Waals surface area (Å²) < 4.78 is 10.4. The Bertz CT molecular complexity index is 474. The molecule has 0 saturated carbocycles. The van der Waals surface area contributed by atoms with Gasteiger partial charge < -0.3 is 19.7 Å². The fourth-order valence-corrected chi connectivity index (χ4v) is 2.82. The van der Waals surface area contributed by atoms with E-state index in [1.807, 2.05) is 0 Å². The third kappa shape index (κ3) is 4.37. The normalized spacial score (nSPS) is 16.3. The van der Waals surface area contributed by atoms with Crippen molar-refractivity contribution in [2.24, 2.45) is 0 Å². The first-order valence-electron chi connectivity index (χ1n) is 7.92. The maximum atomic E-state index is 12.4. The molecule has 1 aliphatic rings. The lowest BCUT2D eigenvalue weighted by atomic mass is 10.0. The van der Waals surface area contributed by atoms with Gasteiger partial charge in [0.2, 0.25) is 0 Å². The molecule has 1 aromatic rings. The van der Waals surface area contributed by atoms with Gasteiger partial charge in [0.1, 0.15) is 11.5 Å². The Morgan fingerprint density at radius 1 is 1.18 bits per heavy atom. The van der Waals surface area contributed by atoms with Gasteiger partial charge in [-0.15, -0.1) is 0 Å². The highest BCUT2D eigenvalue weighted by Crippen LogP contribution is 2.22. The number of likely N-dealkylation sites (tertiary alicyclic amines) is 1. The van der Waals surface area contributed by atoms with Gasteiger partial charge in [-0.05, 0) is 37.9 Å². The van der Waals surface area contributed by atoms with Crippen LogP contribution < -0.4 is 14.8 Å². The summed E-state index contributed by atoms with van der Waals surface area (Å²) in [4.78, 5) is 14.9. The Balaban J connectivity index is 1.95. The standard InChI is InChI=1S/C17H26N2O3/c1-4-7-19-8-5-14(6-9-19)18-17(20)13-10-15(21-2)12-16(11-13)22-3/h10-12,14H,4-9H2,1-3H3,(H,18,20). The summed E-state index contributed by atoms with van der Waals surface area (Å²) in [7, 11) is 3.17. The predicted octanol–water partition coefficient (Wildman–Crippen LogP) is 2.31. The summed E-state index contributed by atoms with van der Waals surface area (Å²) in [6.45, 7) is 5.46. The molecule has 1 aromatic carbocycles. The smallest absolute Gasteiger partial charge is 0.251 e. The van der Waals surface area contributed by atoms with E-state index >= 15 is 0 Å². The van der Waals surface area contributed by atoms with Crippen molar-refractivity contribution in [1.29, 1.82) is 0 Å². The van der Waals surface area contributed by atoms with Crippen molar-refractivity contribution >= 4 is 5.91 Å². The lowest BCUT2D eigenvalue weighted by Gasteiger charge is -2.32. The van der Waals surface area contributed by atoms with Crippen LogP contribution in [-0.4, -0.2) is 50.7 Å². The van der Waals surface area contributed by atoms with E-state index in [0.717, 1.165) is 32.5 Å². The number of nitrogens with one attached hydrogen (secondary N) is 1. The molecule has 0 aromatic heterocycles. The van der Waals surface area contributed by atoms with Gasteiger partial charge in [-0.1, -0.05) is 6.92 Å². The number of hydrogen-bond acceptors (Lipinski definition) is 4. The van der Waals surface area contributed by atoms with E-state index in [1.165, 1.54) is 6.42 Å². The van der Waals surface area contributed by atoms with Gasteiger partial charge >= 0.3 is 0 Å². The van der Waals surface area contributed by atoms with Crippen molar-refractivity contribution in [2.45, 2.75) is 32.2 Å². The molecule has 0 bridgehead atoms. The van der Waals surface area contributed by atoms with Crippen molar-refractivity contribution in [3.8, 4) is 11.5 Å². The molecular formula is C17H26N2O3. The van der Waals surface area contributed by atoms with E-state index in [9.17, 15) is 4.79 Å². The first-order valence-corrected chi connectivity index (χ1v) is 7.92. The van der Waals surface area contributed by atoms with E-state index in [0.29, 0.717) is 17.1 Å². The van der Waals surface area contributed by atoms with E-state index < -0.39 is 0 Å². The van der Waals surface area contributed by atoms with Crippen LogP contribution in [0.4, 0.5) is 0 Å². The first-order chi connectivity index (χ1) is 10.7. The molecule has 1 heterocycles. The molecule has 0 atom stereocenters. The molecule has 5 heteroatoms. The van der Waals surface area contributed by atoms with Crippen molar-refractivity contribution in [3.05, 3.63) is 23.8 Å². The fourth-order valence-electron chi connectivity index (χ4n) is 2.82. The highest BCUT2D eigenvalue weighted by atomic mass is 16.5. The zero-order valence-corrected chi connectivity index (χ0v) is 13.7. The lowest BCUT2D eigenvalue weighted by Crippen LogP contribution is -2.44. The summed E-state index contributed by atoms with van der Waals surface area (Å²) in [6.07, 6.45) is 3.19. The summed E-state index contributed by atoms with van der Waals surface area (Å²) in [5, 5.41) is 3.12. The number of nitrogens with zero attached hydrogens (tertiary/aromatic N) is 1. The van der Waals surface area contributed by atoms with Crippen LogP contribution in [-0.2, 0) is 0 Å². The summed E-state index contributed by atoms with van der Waals surface area (Å²) in [5.41, 5.74) is 0.576. The van der Waals surface area contributed by atoms with Crippen molar-refractivity contribution in [3.63, 3.8) is 0 Å². The first kappa shape index (κ1) is 16.6. The maximum absolute atomic E-state index is 12.4. The highest BCUT2D eigenvalue weighted by molar-refractivity contribution is 5.95. The van der Waals surface area contributed by atoms with Crippen molar-refractivity contribution in [1.82, 2.24) is 10.2 Å². The van der Waals surface area contributed by atoms with Gasteiger partial charge in [0, 0.05) is 30.8 Å². The number of piperidine rings is 1. The van der Waals surface area contributed by atoms with E-state index in [1.54, 1.807) is 32.4 Å². The topological polar surface area (TPSA) is 50.8 Å². The minimum absolute atomic E-state index is 0.0638. The minimum Gasteiger partial charge on any atom is -0.497 e. The molecular weight excluding hydrogens is 280 g/mol. The molecule has 1 saturated heterocycles. The van der Waals surface area contributed by atoms with Crippen LogP contribution in [0.2, 0.25) is 0 Å². The Hall–Kier alpha value is -1.75. The molecule has 1 aliphatic heterocycles. The van der Waals surface area contributed by atoms with E-state index in [2.05, 4.69) is 17.1 Å². The monoisotopic (exact) mass is 306 g/mol.